The van der Waals surface area contributed by atoms with Gasteiger partial charge >= 0.3 is 5.97 Å². The van der Waals surface area contributed by atoms with Crippen molar-refractivity contribution >= 4 is 11.6 Å². The molecule has 0 aromatic carbocycles. The summed E-state index contributed by atoms with van der Waals surface area (Å²) in [5.74, 6) is -0.255. The SMILES string of the molecule is CC(C)N1CCCCC1Cc1nc2cccc(C(=O)O)n2n1. The summed E-state index contributed by atoms with van der Waals surface area (Å²) in [5, 5.41) is 13.7. The van der Waals surface area contributed by atoms with Crippen molar-refractivity contribution in [2.24, 2.45) is 0 Å². The first kappa shape index (κ1) is 15.0. The van der Waals surface area contributed by atoms with Gasteiger partial charge in [-0.25, -0.2) is 14.3 Å². The van der Waals surface area contributed by atoms with Crippen LogP contribution in [-0.2, 0) is 6.42 Å². The number of likely N-dealkylation sites (tertiary alicyclic amines) is 1. The molecule has 3 rings (SSSR count). The number of carboxylic acid groups (broad SMARTS) is 1. The smallest absolute Gasteiger partial charge is 0.354 e. The number of hydrogen-bond acceptors (Lipinski definition) is 4. The fourth-order valence-electron chi connectivity index (χ4n) is 3.33. The monoisotopic (exact) mass is 302 g/mol. The second-order valence-electron chi connectivity index (χ2n) is 6.20. The molecule has 3 heterocycles. The number of aromatic carboxylic acids is 1. The number of rotatable bonds is 4. The fraction of sp³-hybridized carbons (Fsp3) is 0.562. The van der Waals surface area contributed by atoms with Crippen LogP contribution >= 0.6 is 0 Å². The first-order valence-corrected chi connectivity index (χ1v) is 7.90. The summed E-state index contributed by atoms with van der Waals surface area (Å²) in [6.07, 6.45) is 4.41. The largest absolute Gasteiger partial charge is 0.477 e. The van der Waals surface area contributed by atoms with E-state index in [1.165, 1.54) is 17.4 Å². The van der Waals surface area contributed by atoms with Crippen molar-refractivity contribution in [3.63, 3.8) is 0 Å². The van der Waals surface area contributed by atoms with E-state index in [4.69, 9.17) is 0 Å². The van der Waals surface area contributed by atoms with Gasteiger partial charge in [-0.15, -0.1) is 0 Å². The number of carboxylic acids is 1. The number of fused-ring (bicyclic) bond motifs is 1. The molecule has 0 aliphatic carbocycles. The van der Waals surface area contributed by atoms with Crippen molar-refractivity contribution in [1.29, 1.82) is 0 Å². The predicted octanol–water partition coefficient (Wildman–Crippen LogP) is 2.23. The number of nitrogens with zero attached hydrogens (tertiary/aromatic N) is 4. The van der Waals surface area contributed by atoms with Crippen molar-refractivity contribution in [2.75, 3.05) is 6.54 Å². The van der Waals surface area contributed by atoms with Gasteiger partial charge < -0.3 is 5.11 Å². The van der Waals surface area contributed by atoms with Crippen molar-refractivity contribution in [2.45, 2.75) is 51.6 Å². The molecular weight excluding hydrogens is 280 g/mol. The third kappa shape index (κ3) is 2.83. The molecule has 0 amide bonds. The molecule has 1 saturated heterocycles. The van der Waals surface area contributed by atoms with E-state index in [0.29, 0.717) is 17.7 Å². The molecule has 0 saturated carbocycles. The number of hydrogen-bond donors (Lipinski definition) is 1. The lowest BCUT2D eigenvalue weighted by atomic mass is 9.97. The molecule has 118 valence electrons. The Hall–Kier alpha value is -1.95. The summed E-state index contributed by atoms with van der Waals surface area (Å²) in [7, 11) is 0. The van der Waals surface area contributed by atoms with Gasteiger partial charge in [0.1, 0.15) is 0 Å². The molecule has 0 spiro atoms. The average molecular weight is 302 g/mol. The highest BCUT2D eigenvalue weighted by Crippen LogP contribution is 2.22. The standard InChI is InChI=1S/C16H22N4O2/c1-11(2)19-9-4-3-6-12(19)10-14-17-15-8-5-7-13(16(21)22)20(15)18-14/h5,7-8,11-12H,3-4,6,9-10H2,1-2H3,(H,21,22). The summed E-state index contributed by atoms with van der Waals surface area (Å²) in [5.41, 5.74) is 0.752. The molecule has 2 aromatic rings. The molecule has 1 atom stereocenters. The van der Waals surface area contributed by atoms with E-state index in [1.54, 1.807) is 18.2 Å². The quantitative estimate of drug-likeness (QED) is 0.938. The van der Waals surface area contributed by atoms with Gasteiger partial charge in [0.2, 0.25) is 0 Å². The van der Waals surface area contributed by atoms with Crippen LogP contribution in [0.4, 0.5) is 0 Å². The van der Waals surface area contributed by atoms with Gasteiger partial charge in [0.05, 0.1) is 0 Å². The zero-order chi connectivity index (χ0) is 15.7. The number of aromatic nitrogens is 3. The molecular formula is C16H22N4O2. The van der Waals surface area contributed by atoms with Gasteiger partial charge in [-0.3, -0.25) is 4.90 Å². The molecule has 1 N–H and O–H groups in total. The lowest BCUT2D eigenvalue weighted by molar-refractivity contribution is 0.0687. The Balaban J connectivity index is 1.87. The van der Waals surface area contributed by atoms with Gasteiger partial charge in [0.25, 0.3) is 0 Å². The Labute approximate surface area is 129 Å². The van der Waals surface area contributed by atoms with E-state index < -0.39 is 5.97 Å². The van der Waals surface area contributed by atoms with Crippen molar-refractivity contribution in [3.05, 3.63) is 29.7 Å². The Bertz CT molecular complexity index is 680. The van der Waals surface area contributed by atoms with Crippen LogP contribution in [0.3, 0.4) is 0 Å². The zero-order valence-corrected chi connectivity index (χ0v) is 13.1. The van der Waals surface area contributed by atoms with Crippen LogP contribution in [0.2, 0.25) is 0 Å². The maximum atomic E-state index is 11.3. The highest BCUT2D eigenvalue weighted by Gasteiger charge is 2.26. The van der Waals surface area contributed by atoms with Gasteiger partial charge in [-0.2, -0.15) is 5.10 Å². The van der Waals surface area contributed by atoms with Crippen LogP contribution in [0, 0.1) is 0 Å². The molecule has 6 heteroatoms. The van der Waals surface area contributed by atoms with Crippen LogP contribution in [-0.4, -0.2) is 49.2 Å². The lowest BCUT2D eigenvalue weighted by Gasteiger charge is -2.38. The Morgan fingerprint density at radius 3 is 2.95 bits per heavy atom. The molecule has 6 nitrogen and oxygen atoms in total. The topological polar surface area (TPSA) is 70.7 Å². The molecule has 1 aliphatic rings. The van der Waals surface area contributed by atoms with E-state index in [1.807, 2.05) is 0 Å². The Morgan fingerprint density at radius 1 is 1.41 bits per heavy atom. The predicted molar refractivity (Wildman–Crippen MR) is 83.1 cm³/mol. The molecule has 0 radical (unpaired) electrons. The second-order valence-corrected chi connectivity index (χ2v) is 6.20. The van der Waals surface area contributed by atoms with Crippen molar-refractivity contribution in [3.8, 4) is 0 Å². The zero-order valence-electron chi connectivity index (χ0n) is 13.1. The number of pyridine rings is 1. The van der Waals surface area contributed by atoms with E-state index in [2.05, 4.69) is 28.8 Å². The molecule has 1 fully saturated rings. The van der Waals surface area contributed by atoms with Crippen LogP contribution in [0.5, 0.6) is 0 Å². The maximum absolute atomic E-state index is 11.3. The molecule has 2 aromatic heterocycles. The minimum Gasteiger partial charge on any atom is -0.477 e. The minimum atomic E-state index is -0.983. The second kappa shape index (κ2) is 6.04. The fourth-order valence-corrected chi connectivity index (χ4v) is 3.33. The van der Waals surface area contributed by atoms with Crippen molar-refractivity contribution in [1.82, 2.24) is 19.5 Å². The summed E-state index contributed by atoms with van der Waals surface area (Å²) in [6.45, 7) is 5.56. The van der Waals surface area contributed by atoms with Crippen LogP contribution in [0.25, 0.3) is 5.65 Å². The maximum Gasteiger partial charge on any atom is 0.354 e. The van der Waals surface area contributed by atoms with Gasteiger partial charge in [-0.05, 0) is 45.4 Å². The van der Waals surface area contributed by atoms with E-state index in [-0.39, 0.29) is 5.69 Å². The summed E-state index contributed by atoms with van der Waals surface area (Å²) in [6, 6.07) is 6.01. The van der Waals surface area contributed by atoms with Crippen LogP contribution in [0.1, 0.15) is 49.4 Å². The van der Waals surface area contributed by atoms with Crippen LogP contribution in [0.15, 0.2) is 18.2 Å². The summed E-state index contributed by atoms with van der Waals surface area (Å²) < 4.78 is 1.43. The first-order chi connectivity index (χ1) is 10.6. The van der Waals surface area contributed by atoms with Crippen LogP contribution < -0.4 is 0 Å². The molecule has 22 heavy (non-hydrogen) atoms. The average Bonchev–Trinajstić information content (AvgIpc) is 2.89. The van der Waals surface area contributed by atoms with E-state index in [0.717, 1.165) is 25.2 Å². The Kier molecular flexibility index (Phi) is 4.11. The third-order valence-corrected chi connectivity index (χ3v) is 4.38. The third-order valence-electron chi connectivity index (χ3n) is 4.38. The minimum absolute atomic E-state index is 0.153. The number of carbonyl (C=O) groups is 1. The molecule has 1 unspecified atom stereocenters. The summed E-state index contributed by atoms with van der Waals surface area (Å²) >= 11 is 0. The van der Waals surface area contributed by atoms with Crippen molar-refractivity contribution < 1.29 is 9.90 Å². The van der Waals surface area contributed by atoms with E-state index in [9.17, 15) is 9.90 Å². The normalized spacial score (nSPS) is 19.9. The van der Waals surface area contributed by atoms with Gasteiger partial charge in [-0.1, -0.05) is 12.5 Å². The number of piperidine rings is 1. The molecule has 0 bridgehead atoms. The molecule has 1 aliphatic heterocycles. The van der Waals surface area contributed by atoms with Gasteiger partial charge in [0, 0.05) is 18.5 Å². The summed E-state index contributed by atoms with van der Waals surface area (Å²) in [4.78, 5) is 18.3. The highest BCUT2D eigenvalue weighted by atomic mass is 16.4. The first-order valence-electron chi connectivity index (χ1n) is 7.90. The highest BCUT2D eigenvalue weighted by molar-refractivity contribution is 5.86. The lowest BCUT2D eigenvalue weighted by Crippen LogP contribution is -2.45. The Morgan fingerprint density at radius 2 is 2.23 bits per heavy atom. The van der Waals surface area contributed by atoms with E-state index >= 15 is 0 Å². The van der Waals surface area contributed by atoms with Gasteiger partial charge in [0.15, 0.2) is 17.2 Å².